The molecule has 168 valence electrons. The Kier molecular flexibility index (Phi) is 6.48. The summed E-state index contributed by atoms with van der Waals surface area (Å²) in [5.74, 6) is -3.07. The number of cyclic esters (lactones) is 1. The number of rotatable bonds is 3. The smallest absolute Gasteiger partial charge is 0.475 e. The van der Waals surface area contributed by atoms with Crippen molar-refractivity contribution in [1.29, 1.82) is 0 Å². The SMILES string of the molecule is O=C(NCC1CC2(CCNCC2)C(=O)O1)c1cccc2[nH]cnc12.O=C(O)C(F)(F)F. The maximum absolute atomic E-state index is 12.4. The molecule has 4 rings (SSSR count). The van der Waals surface area contributed by atoms with Crippen LogP contribution in [0.25, 0.3) is 11.0 Å². The number of para-hydroxylation sites is 1. The van der Waals surface area contributed by atoms with Crippen molar-refractivity contribution in [2.75, 3.05) is 19.6 Å². The molecule has 2 saturated heterocycles. The summed E-state index contributed by atoms with van der Waals surface area (Å²) in [6.07, 6.45) is -1.47. The Bertz CT molecular complexity index is 969. The summed E-state index contributed by atoms with van der Waals surface area (Å²) in [5.41, 5.74) is 1.63. The van der Waals surface area contributed by atoms with E-state index in [-0.39, 0.29) is 23.4 Å². The van der Waals surface area contributed by atoms with E-state index < -0.39 is 12.1 Å². The number of nitrogens with zero attached hydrogens (tertiary/aromatic N) is 1. The van der Waals surface area contributed by atoms with E-state index in [1.165, 1.54) is 0 Å². The molecule has 4 N–H and O–H groups in total. The third-order valence-corrected chi connectivity index (χ3v) is 5.31. The van der Waals surface area contributed by atoms with E-state index in [4.69, 9.17) is 14.6 Å². The number of halogens is 3. The van der Waals surface area contributed by atoms with Gasteiger partial charge < -0.3 is 25.5 Å². The lowest BCUT2D eigenvalue weighted by Crippen LogP contribution is -2.39. The number of H-pyrrole nitrogens is 1. The maximum Gasteiger partial charge on any atom is 0.490 e. The molecule has 1 amide bonds. The lowest BCUT2D eigenvalue weighted by Gasteiger charge is -2.29. The largest absolute Gasteiger partial charge is 0.490 e. The number of esters is 1. The molecule has 31 heavy (non-hydrogen) atoms. The van der Waals surface area contributed by atoms with E-state index in [0.29, 0.717) is 24.0 Å². The average molecular weight is 442 g/mol. The molecule has 2 fully saturated rings. The number of ether oxygens (including phenoxy) is 1. The molecule has 0 radical (unpaired) electrons. The minimum Gasteiger partial charge on any atom is -0.475 e. The van der Waals surface area contributed by atoms with Crippen molar-refractivity contribution in [1.82, 2.24) is 20.6 Å². The molecule has 1 spiro atoms. The molecule has 1 unspecified atom stereocenters. The number of carboxylic acid groups (broad SMARTS) is 1. The Morgan fingerprint density at radius 1 is 1.29 bits per heavy atom. The minimum atomic E-state index is -5.08. The summed E-state index contributed by atoms with van der Waals surface area (Å²) < 4.78 is 37.2. The predicted molar refractivity (Wildman–Crippen MR) is 101 cm³/mol. The molecule has 2 aliphatic rings. The summed E-state index contributed by atoms with van der Waals surface area (Å²) in [6, 6.07) is 5.43. The van der Waals surface area contributed by atoms with Crippen LogP contribution >= 0.6 is 0 Å². The number of nitrogens with one attached hydrogen (secondary N) is 3. The number of aromatic nitrogens is 2. The molecule has 12 heteroatoms. The molecule has 0 bridgehead atoms. The van der Waals surface area contributed by atoms with Crippen molar-refractivity contribution < 1.29 is 37.4 Å². The van der Waals surface area contributed by atoms with Crippen LogP contribution in [0.15, 0.2) is 24.5 Å². The third-order valence-electron chi connectivity index (χ3n) is 5.31. The molecule has 0 aliphatic carbocycles. The van der Waals surface area contributed by atoms with E-state index in [2.05, 4.69) is 20.6 Å². The Labute approximate surface area is 174 Å². The number of fused-ring (bicyclic) bond motifs is 1. The number of carbonyl (C=O) groups is 3. The van der Waals surface area contributed by atoms with E-state index in [1.54, 1.807) is 12.4 Å². The number of hydrogen-bond acceptors (Lipinski definition) is 6. The van der Waals surface area contributed by atoms with Crippen LogP contribution in [-0.2, 0) is 14.3 Å². The number of amides is 1. The molecular formula is C19H21F3N4O5. The van der Waals surface area contributed by atoms with Crippen LogP contribution in [0.5, 0.6) is 0 Å². The van der Waals surface area contributed by atoms with Crippen LogP contribution in [0.2, 0.25) is 0 Å². The fourth-order valence-electron chi connectivity index (χ4n) is 3.72. The van der Waals surface area contributed by atoms with E-state index in [1.807, 2.05) is 12.1 Å². The van der Waals surface area contributed by atoms with Crippen LogP contribution in [0.3, 0.4) is 0 Å². The van der Waals surface area contributed by atoms with Crippen molar-refractivity contribution in [3.63, 3.8) is 0 Å². The van der Waals surface area contributed by atoms with Gasteiger partial charge in [-0.3, -0.25) is 9.59 Å². The molecule has 1 aromatic carbocycles. The fraction of sp³-hybridized carbons (Fsp3) is 0.474. The van der Waals surface area contributed by atoms with Crippen molar-refractivity contribution in [2.24, 2.45) is 5.41 Å². The first-order chi connectivity index (χ1) is 14.6. The Hall–Kier alpha value is -3.15. The third kappa shape index (κ3) is 5.13. The number of aromatic amines is 1. The first-order valence-corrected chi connectivity index (χ1v) is 9.55. The van der Waals surface area contributed by atoms with Gasteiger partial charge in [0.1, 0.15) is 11.6 Å². The first kappa shape index (κ1) is 22.5. The second-order valence-corrected chi connectivity index (χ2v) is 7.38. The molecule has 3 heterocycles. The highest BCUT2D eigenvalue weighted by molar-refractivity contribution is 6.04. The second kappa shape index (κ2) is 8.92. The van der Waals surface area contributed by atoms with Crippen molar-refractivity contribution >= 4 is 28.9 Å². The summed E-state index contributed by atoms with van der Waals surface area (Å²) in [5, 5.41) is 13.3. The highest BCUT2D eigenvalue weighted by Gasteiger charge is 2.49. The topological polar surface area (TPSA) is 133 Å². The van der Waals surface area contributed by atoms with Gasteiger partial charge in [0.05, 0.1) is 29.4 Å². The first-order valence-electron chi connectivity index (χ1n) is 9.55. The van der Waals surface area contributed by atoms with Gasteiger partial charge in [0.2, 0.25) is 0 Å². The number of alkyl halides is 3. The average Bonchev–Trinajstić information content (AvgIpc) is 3.31. The quantitative estimate of drug-likeness (QED) is 0.531. The van der Waals surface area contributed by atoms with Gasteiger partial charge in [0.15, 0.2) is 0 Å². The van der Waals surface area contributed by atoms with Crippen LogP contribution in [-0.4, -0.2) is 64.8 Å². The van der Waals surface area contributed by atoms with Crippen molar-refractivity contribution in [3.05, 3.63) is 30.1 Å². The molecular weight excluding hydrogens is 421 g/mol. The highest BCUT2D eigenvalue weighted by Crippen LogP contribution is 2.41. The lowest BCUT2D eigenvalue weighted by molar-refractivity contribution is -0.192. The summed E-state index contributed by atoms with van der Waals surface area (Å²) in [4.78, 5) is 40.8. The minimum absolute atomic E-state index is 0.113. The van der Waals surface area contributed by atoms with E-state index in [9.17, 15) is 22.8 Å². The van der Waals surface area contributed by atoms with E-state index >= 15 is 0 Å². The van der Waals surface area contributed by atoms with Gasteiger partial charge in [0.25, 0.3) is 5.91 Å². The van der Waals surface area contributed by atoms with Crippen LogP contribution < -0.4 is 10.6 Å². The van der Waals surface area contributed by atoms with Crippen LogP contribution in [0.1, 0.15) is 29.6 Å². The Balaban J connectivity index is 0.000000339. The monoisotopic (exact) mass is 442 g/mol. The number of carbonyl (C=O) groups excluding carboxylic acids is 2. The summed E-state index contributed by atoms with van der Waals surface area (Å²) in [7, 11) is 0. The van der Waals surface area contributed by atoms with Gasteiger partial charge in [-0.05, 0) is 38.1 Å². The fourth-order valence-corrected chi connectivity index (χ4v) is 3.72. The molecule has 1 aromatic heterocycles. The van der Waals surface area contributed by atoms with Gasteiger partial charge in [-0.25, -0.2) is 9.78 Å². The highest BCUT2D eigenvalue weighted by atomic mass is 19.4. The van der Waals surface area contributed by atoms with Gasteiger partial charge in [0, 0.05) is 6.42 Å². The zero-order valence-corrected chi connectivity index (χ0v) is 16.3. The summed E-state index contributed by atoms with van der Waals surface area (Å²) >= 11 is 0. The maximum atomic E-state index is 12.4. The molecule has 1 atom stereocenters. The number of piperidine rings is 1. The van der Waals surface area contributed by atoms with Gasteiger partial charge >= 0.3 is 18.1 Å². The lowest BCUT2D eigenvalue weighted by atomic mass is 9.76. The van der Waals surface area contributed by atoms with Crippen LogP contribution in [0.4, 0.5) is 13.2 Å². The number of carboxylic acids is 1. The molecule has 2 aromatic rings. The number of benzene rings is 1. The predicted octanol–water partition coefficient (Wildman–Crippen LogP) is 1.61. The molecule has 9 nitrogen and oxygen atoms in total. The number of hydrogen-bond donors (Lipinski definition) is 4. The van der Waals surface area contributed by atoms with E-state index in [0.717, 1.165) is 31.4 Å². The summed E-state index contributed by atoms with van der Waals surface area (Å²) in [6.45, 7) is 2.02. The zero-order chi connectivity index (χ0) is 22.6. The van der Waals surface area contributed by atoms with Crippen LogP contribution in [0, 0.1) is 5.41 Å². The zero-order valence-electron chi connectivity index (χ0n) is 16.3. The van der Waals surface area contributed by atoms with Gasteiger partial charge in [-0.1, -0.05) is 6.07 Å². The second-order valence-electron chi connectivity index (χ2n) is 7.38. The van der Waals surface area contributed by atoms with Gasteiger partial charge in [-0.15, -0.1) is 0 Å². The standard InChI is InChI=1S/C17H20N4O3.C2HF3O2/c22-15(12-2-1-3-13-14(12)21-10-20-13)19-9-11-8-17(16(23)24-11)4-6-18-7-5-17;3-2(4,5)1(6)7/h1-3,10-11,18H,4-9H2,(H,19,22)(H,20,21);(H,6,7). The number of aliphatic carboxylic acids is 1. The van der Waals surface area contributed by atoms with Gasteiger partial charge in [-0.2, -0.15) is 13.2 Å². The van der Waals surface area contributed by atoms with Crippen molar-refractivity contribution in [2.45, 2.75) is 31.5 Å². The Morgan fingerprint density at radius 2 is 1.97 bits per heavy atom. The Morgan fingerprint density at radius 3 is 2.61 bits per heavy atom. The molecule has 2 aliphatic heterocycles. The van der Waals surface area contributed by atoms with Crippen molar-refractivity contribution in [3.8, 4) is 0 Å². The normalized spacial score (nSPS) is 20.1. The number of imidazole rings is 1. The molecule has 0 saturated carbocycles.